The SMILES string of the molecule is COc1ccc(NCC2(C#N)CC2)cc1C(C)(C)C. The van der Waals surface area contributed by atoms with Gasteiger partial charge in [0.15, 0.2) is 0 Å². The van der Waals surface area contributed by atoms with Gasteiger partial charge in [0.05, 0.1) is 18.6 Å². The molecule has 2 rings (SSSR count). The second-order valence-corrected chi connectivity index (χ2v) is 6.41. The second-order valence-electron chi connectivity index (χ2n) is 6.41. The number of benzene rings is 1. The van der Waals surface area contributed by atoms with Crippen molar-refractivity contribution < 1.29 is 4.74 Å². The van der Waals surface area contributed by atoms with E-state index >= 15 is 0 Å². The highest BCUT2D eigenvalue weighted by Crippen LogP contribution is 2.45. The first-order valence-electron chi connectivity index (χ1n) is 6.74. The zero-order valence-corrected chi connectivity index (χ0v) is 12.2. The van der Waals surface area contributed by atoms with Crippen molar-refractivity contribution in [2.75, 3.05) is 19.0 Å². The molecule has 0 heterocycles. The van der Waals surface area contributed by atoms with Crippen molar-refractivity contribution in [2.24, 2.45) is 5.41 Å². The lowest BCUT2D eigenvalue weighted by molar-refractivity contribution is 0.397. The summed E-state index contributed by atoms with van der Waals surface area (Å²) >= 11 is 0. The molecule has 1 fully saturated rings. The van der Waals surface area contributed by atoms with Crippen LogP contribution in [0, 0.1) is 16.7 Å². The molecule has 0 amide bonds. The van der Waals surface area contributed by atoms with Crippen LogP contribution in [0.25, 0.3) is 0 Å². The Kier molecular flexibility index (Phi) is 3.45. The fourth-order valence-corrected chi connectivity index (χ4v) is 2.15. The molecule has 3 nitrogen and oxygen atoms in total. The van der Waals surface area contributed by atoms with E-state index in [9.17, 15) is 0 Å². The lowest BCUT2D eigenvalue weighted by Crippen LogP contribution is -2.16. The Morgan fingerprint density at radius 2 is 2.05 bits per heavy atom. The number of anilines is 1. The number of ether oxygens (including phenoxy) is 1. The lowest BCUT2D eigenvalue weighted by atomic mass is 9.86. The third-order valence-electron chi connectivity index (χ3n) is 3.73. The van der Waals surface area contributed by atoms with Gasteiger partial charge >= 0.3 is 0 Å². The Labute approximate surface area is 115 Å². The average Bonchev–Trinajstić information content (AvgIpc) is 3.16. The molecule has 0 aliphatic heterocycles. The molecule has 1 aromatic carbocycles. The minimum atomic E-state index is -0.123. The molecule has 1 aliphatic carbocycles. The number of nitrogens with zero attached hydrogens (tertiary/aromatic N) is 1. The van der Waals surface area contributed by atoms with Gasteiger partial charge in [0.2, 0.25) is 0 Å². The number of hydrogen-bond donors (Lipinski definition) is 1. The van der Waals surface area contributed by atoms with E-state index in [0.29, 0.717) is 0 Å². The van der Waals surface area contributed by atoms with E-state index in [4.69, 9.17) is 10.00 Å². The van der Waals surface area contributed by atoms with Gasteiger partial charge < -0.3 is 10.1 Å². The van der Waals surface area contributed by atoms with Crippen LogP contribution in [0.2, 0.25) is 0 Å². The summed E-state index contributed by atoms with van der Waals surface area (Å²) < 4.78 is 5.43. The number of nitriles is 1. The largest absolute Gasteiger partial charge is 0.496 e. The van der Waals surface area contributed by atoms with Crippen LogP contribution in [0.15, 0.2) is 18.2 Å². The highest BCUT2D eigenvalue weighted by atomic mass is 16.5. The van der Waals surface area contributed by atoms with E-state index < -0.39 is 0 Å². The van der Waals surface area contributed by atoms with Gasteiger partial charge in [0.25, 0.3) is 0 Å². The minimum Gasteiger partial charge on any atom is -0.496 e. The molecule has 0 atom stereocenters. The van der Waals surface area contributed by atoms with Gasteiger partial charge in [-0.05, 0) is 36.5 Å². The van der Waals surface area contributed by atoms with Gasteiger partial charge in [-0.15, -0.1) is 0 Å². The van der Waals surface area contributed by atoms with Crippen LogP contribution in [-0.4, -0.2) is 13.7 Å². The molecule has 1 saturated carbocycles. The van der Waals surface area contributed by atoms with E-state index in [1.807, 2.05) is 12.1 Å². The van der Waals surface area contributed by atoms with Gasteiger partial charge in [-0.25, -0.2) is 0 Å². The summed E-state index contributed by atoms with van der Waals surface area (Å²) in [7, 11) is 1.70. The normalized spacial score (nSPS) is 16.6. The van der Waals surface area contributed by atoms with Crippen molar-refractivity contribution in [1.82, 2.24) is 0 Å². The van der Waals surface area contributed by atoms with Gasteiger partial charge in [-0.3, -0.25) is 0 Å². The van der Waals surface area contributed by atoms with Crippen molar-refractivity contribution in [1.29, 1.82) is 5.26 Å². The molecule has 3 heteroatoms. The Morgan fingerprint density at radius 3 is 2.53 bits per heavy atom. The Hall–Kier alpha value is -1.69. The fourth-order valence-electron chi connectivity index (χ4n) is 2.15. The van der Waals surface area contributed by atoms with Crippen molar-refractivity contribution in [3.8, 4) is 11.8 Å². The first-order chi connectivity index (χ1) is 8.90. The number of methoxy groups -OCH3 is 1. The first kappa shape index (κ1) is 13.7. The van der Waals surface area contributed by atoms with Crippen LogP contribution in [0.5, 0.6) is 5.75 Å². The lowest BCUT2D eigenvalue weighted by Gasteiger charge is -2.23. The topological polar surface area (TPSA) is 45.0 Å². The van der Waals surface area contributed by atoms with Gasteiger partial charge in [0.1, 0.15) is 5.75 Å². The highest BCUT2D eigenvalue weighted by Gasteiger charge is 2.42. The first-order valence-corrected chi connectivity index (χ1v) is 6.74. The van der Waals surface area contributed by atoms with E-state index in [0.717, 1.165) is 30.8 Å². The van der Waals surface area contributed by atoms with E-state index in [-0.39, 0.29) is 10.8 Å². The quantitative estimate of drug-likeness (QED) is 0.895. The summed E-state index contributed by atoms with van der Waals surface area (Å²) in [6.45, 7) is 7.25. The Morgan fingerprint density at radius 1 is 1.37 bits per heavy atom. The molecule has 0 aromatic heterocycles. The number of hydrogen-bond acceptors (Lipinski definition) is 3. The van der Waals surface area contributed by atoms with E-state index in [1.165, 1.54) is 5.56 Å². The molecule has 0 radical (unpaired) electrons. The van der Waals surface area contributed by atoms with Crippen molar-refractivity contribution >= 4 is 5.69 Å². The van der Waals surface area contributed by atoms with Crippen LogP contribution < -0.4 is 10.1 Å². The predicted molar refractivity (Wildman–Crippen MR) is 77.5 cm³/mol. The maximum Gasteiger partial charge on any atom is 0.122 e. The molecule has 0 unspecified atom stereocenters. The molecule has 0 spiro atoms. The number of nitrogens with one attached hydrogen (secondary N) is 1. The zero-order chi connectivity index (χ0) is 14.1. The van der Waals surface area contributed by atoms with E-state index in [1.54, 1.807) is 7.11 Å². The van der Waals surface area contributed by atoms with Crippen molar-refractivity contribution in [3.63, 3.8) is 0 Å². The van der Waals surface area contributed by atoms with Crippen molar-refractivity contribution in [3.05, 3.63) is 23.8 Å². The third-order valence-corrected chi connectivity index (χ3v) is 3.73. The summed E-state index contributed by atoms with van der Waals surface area (Å²) in [6, 6.07) is 8.54. The van der Waals surface area contributed by atoms with Crippen LogP contribution >= 0.6 is 0 Å². The maximum absolute atomic E-state index is 9.09. The van der Waals surface area contributed by atoms with Crippen LogP contribution in [0.1, 0.15) is 39.2 Å². The smallest absolute Gasteiger partial charge is 0.122 e. The summed E-state index contributed by atoms with van der Waals surface area (Å²) in [5.41, 5.74) is 2.16. The summed E-state index contributed by atoms with van der Waals surface area (Å²) in [6.07, 6.45) is 2.03. The standard InChI is InChI=1S/C16H22N2O/c1-15(2,3)13-9-12(5-6-14(13)19-4)18-11-16(10-17)7-8-16/h5-6,9,18H,7-8,11H2,1-4H3. The van der Waals surface area contributed by atoms with Gasteiger partial charge in [-0.1, -0.05) is 20.8 Å². The van der Waals surface area contributed by atoms with Gasteiger partial charge in [0, 0.05) is 17.8 Å². The van der Waals surface area contributed by atoms with Crippen molar-refractivity contribution in [2.45, 2.75) is 39.0 Å². The summed E-state index contributed by atoms with van der Waals surface area (Å²) in [5, 5.41) is 12.5. The molecule has 0 saturated heterocycles. The second kappa shape index (κ2) is 4.77. The molecule has 0 bridgehead atoms. The summed E-state index contributed by atoms with van der Waals surface area (Å²) in [4.78, 5) is 0. The molecule has 1 aliphatic rings. The van der Waals surface area contributed by atoms with Crippen LogP contribution in [0.3, 0.4) is 0 Å². The fraction of sp³-hybridized carbons (Fsp3) is 0.562. The molecule has 19 heavy (non-hydrogen) atoms. The number of rotatable bonds is 4. The molecule has 1 N–H and O–H groups in total. The Balaban J connectivity index is 2.17. The molecule has 102 valence electrons. The monoisotopic (exact) mass is 258 g/mol. The maximum atomic E-state index is 9.09. The predicted octanol–water partition coefficient (Wildman–Crippen LogP) is 3.71. The highest BCUT2D eigenvalue weighted by molar-refractivity contribution is 5.53. The summed E-state index contributed by atoms with van der Waals surface area (Å²) in [5.74, 6) is 0.916. The van der Waals surface area contributed by atoms with E-state index in [2.05, 4.69) is 38.2 Å². The third kappa shape index (κ3) is 3.01. The average molecular weight is 258 g/mol. The Bertz CT molecular complexity index is 504. The zero-order valence-electron chi connectivity index (χ0n) is 12.2. The molecule has 1 aromatic rings. The molecular weight excluding hydrogens is 236 g/mol. The van der Waals surface area contributed by atoms with Gasteiger partial charge in [-0.2, -0.15) is 5.26 Å². The molecular formula is C16H22N2O. The van der Waals surface area contributed by atoms with Crippen LogP contribution in [-0.2, 0) is 5.41 Å². The minimum absolute atomic E-state index is 0.0372. The van der Waals surface area contributed by atoms with Crippen LogP contribution in [0.4, 0.5) is 5.69 Å².